The van der Waals surface area contributed by atoms with E-state index in [0.29, 0.717) is 18.1 Å². The number of amides is 1. The first-order valence-electron chi connectivity index (χ1n) is 7.17. The summed E-state index contributed by atoms with van der Waals surface area (Å²) < 4.78 is 0. The second kappa shape index (κ2) is 6.53. The first kappa shape index (κ1) is 14.5. The lowest BCUT2D eigenvalue weighted by atomic mass is 9.82. The first-order chi connectivity index (χ1) is 9.70. The molecule has 106 valence electrons. The number of nitrogens with two attached hydrogens (primary N) is 1. The molecule has 0 atom stereocenters. The third-order valence-corrected chi connectivity index (χ3v) is 4.03. The summed E-state index contributed by atoms with van der Waals surface area (Å²) >= 11 is 0. The number of carbonyl (C=O) groups is 1. The monoisotopic (exact) mass is 271 g/mol. The molecule has 1 aliphatic carbocycles. The number of nitrogens with zero attached hydrogens (tertiary/aromatic N) is 1. The number of hydrogen-bond donors (Lipinski definition) is 2. The number of nitrogens with one attached hydrogen (secondary N) is 1. The van der Waals surface area contributed by atoms with E-state index in [1.54, 1.807) is 6.07 Å². The van der Waals surface area contributed by atoms with Crippen LogP contribution in [0.5, 0.6) is 0 Å². The summed E-state index contributed by atoms with van der Waals surface area (Å²) in [7, 11) is 0. The normalized spacial score (nSPS) is 16.3. The molecule has 1 aromatic rings. The Morgan fingerprint density at radius 1 is 1.45 bits per heavy atom. The van der Waals surface area contributed by atoms with E-state index in [-0.39, 0.29) is 11.3 Å². The van der Waals surface area contributed by atoms with Crippen LogP contribution in [0.2, 0.25) is 0 Å². The molecule has 0 saturated heterocycles. The van der Waals surface area contributed by atoms with Gasteiger partial charge in [-0.25, -0.2) is 4.98 Å². The van der Waals surface area contributed by atoms with Crippen LogP contribution in [0.25, 0.3) is 0 Å². The summed E-state index contributed by atoms with van der Waals surface area (Å²) in [4.78, 5) is 16.8. The zero-order chi connectivity index (χ0) is 14.4. The van der Waals surface area contributed by atoms with Crippen LogP contribution in [0.15, 0.2) is 18.2 Å². The molecule has 0 radical (unpaired) electrons. The minimum Gasteiger partial charge on any atom is -0.320 e. The number of aromatic nitrogens is 1. The summed E-state index contributed by atoms with van der Waals surface area (Å²) in [6.45, 7) is 2.39. The molecule has 4 nitrogen and oxygen atoms in total. The lowest BCUT2D eigenvalue weighted by Crippen LogP contribution is -2.33. The fourth-order valence-corrected chi connectivity index (χ4v) is 2.76. The van der Waals surface area contributed by atoms with Crippen molar-refractivity contribution in [1.29, 1.82) is 0 Å². The zero-order valence-corrected chi connectivity index (χ0v) is 11.9. The SMILES string of the molecule is CCC1(C(=O)Nc2cccc(C#CCN)n2)CCCC1. The number of hydrogen-bond acceptors (Lipinski definition) is 3. The Labute approximate surface area is 120 Å². The largest absolute Gasteiger partial charge is 0.320 e. The van der Waals surface area contributed by atoms with Crippen LogP contribution in [0.3, 0.4) is 0 Å². The van der Waals surface area contributed by atoms with Crippen molar-refractivity contribution >= 4 is 11.7 Å². The van der Waals surface area contributed by atoms with E-state index in [0.717, 1.165) is 32.1 Å². The summed E-state index contributed by atoms with van der Waals surface area (Å²) in [5.41, 5.74) is 5.76. The van der Waals surface area contributed by atoms with Crippen molar-refractivity contribution in [2.24, 2.45) is 11.1 Å². The van der Waals surface area contributed by atoms with Gasteiger partial charge in [-0.2, -0.15) is 0 Å². The van der Waals surface area contributed by atoms with Gasteiger partial charge in [0, 0.05) is 5.41 Å². The predicted octanol–water partition coefficient (Wildman–Crippen LogP) is 2.30. The Morgan fingerprint density at radius 2 is 2.20 bits per heavy atom. The highest BCUT2D eigenvalue weighted by atomic mass is 16.2. The van der Waals surface area contributed by atoms with E-state index >= 15 is 0 Å². The molecule has 1 amide bonds. The molecular weight excluding hydrogens is 250 g/mol. The van der Waals surface area contributed by atoms with Crippen LogP contribution in [-0.2, 0) is 4.79 Å². The van der Waals surface area contributed by atoms with Crippen molar-refractivity contribution < 1.29 is 4.79 Å². The summed E-state index contributed by atoms with van der Waals surface area (Å²) in [6.07, 6.45) is 5.10. The van der Waals surface area contributed by atoms with E-state index in [9.17, 15) is 4.79 Å². The van der Waals surface area contributed by atoms with Gasteiger partial charge in [0.05, 0.1) is 6.54 Å². The Hall–Kier alpha value is -1.86. The highest BCUT2D eigenvalue weighted by Crippen LogP contribution is 2.41. The van der Waals surface area contributed by atoms with E-state index in [1.807, 2.05) is 12.1 Å². The second-order valence-corrected chi connectivity index (χ2v) is 5.21. The van der Waals surface area contributed by atoms with Gasteiger partial charge < -0.3 is 11.1 Å². The molecule has 0 unspecified atom stereocenters. The van der Waals surface area contributed by atoms with Gasteiger partial charge >= 0.3 is 0 Å². The van der Waals surface area contributed by atoms with E-state index in [2.05, 4.69) is 29.1 Å². The van der Waals surface area contributed by atoms with Gasteiger partial charge in [0.1, 0.15) is 11.5 Å². The quantitative estimate of drug-likeness (QED) is 0.829. The minimum absolute atomic E-state index is 0.0916. The molecule has 1 saturated carbocycles. The lowest BCUT2D eigenvalue weighted by molar-refractivity contribution is -0.125. The van der Waals surface area contributed by atoms with Crippen LogP contribution in [-0.4, -0.2) is 17.4 Å². The molecule has 0 aliphatic heterocycles. The maximum absolute atomic E-state index is 12.5. The zero-order valence-electron chi connectivity index (χ0n) is 11.9. The maximum atomic E-state index is 12.5. The fourth-order valence-electron chi connectivity index (χ4n) is 2.76. The van der Waals surface area contributed by atoms with Crippen LogP contribution < -0.4 is 11.1 Å². The lowest BCUT2D eigenvalue weighted by Gasteiger charge is -2.25. The van der Waals surface area contributed by atoms with Crippen molar-refractivity contribution in [3.05, 3.63) is 23.9 Å². The molecule has 0 aromatic carbocycles. The Balaban J connectivity index is 2.11. The molecule has 2 rings (SSSR count). The molecule has 0 spiro atoms. The molecule has 1 fully saturated rings. The number of pyridine rings is 1. The summed E-state index contributed by atoms with van der Waals surface area (Å²) in [5, 5.41) is 2.94. The third kappa shape index (κ3) is 3.17. The molecule has 1 heterocycles. The molecule has 0 bridgehead atoms. The molecular formula is C16H21N3O. The highest BCUT2D eigenvalue weighted by molar-refractivity contribution is 5.94. The fraction of sp³-hybridized carbons (Fsp3) is 0.500. The molecule has 3 N–H and O–H groups in total. The van der Waals surface area contributed by atoms with Crippen molar-refractivity contribution in [2.45, 2.75) is 39.0 Å². The minimum atomic E-state index is -0.208. The van der Waals surface area contributed by atoms with E-state index in [1.165, 1.54) is 0 Å². The van der Waals surface area contributed by atoms with Gasteiger partial charge in [-0.15, -0.1) is 0 Å². The summed E-state index contributed by atoms with van der Waals surface area (Å²) in [5.74, 6) is 6.29. The maximum Gasteiger partial charge on any atom is 0.231 e. The van der Waals surface area contributed by atoms with Crippen LogP contribution in [0.1, 0.15) is 44.7 Å². The molecule has 1 aliphatic rings. The van der Waals surface area contributed by atoms with Gasteiger partial charge in [-0.1, -0.05) is 31.8 Å². The van der Waals surface area contributed by atoms with Crippen LogP contribution in [0, 0.1) is 17.3 Å². The van der Waals surface area contributed by atoms with Gasteiger partial charge in [-0.3, -0.25) is 4.79 Å². The van der Waals surface area contributed by atoms with Crippen molar-refractivity contribution in [2.75, 3.05) is 11.9 Å². The predicted molar refractivity (Wildman–Crippen MR) is 80.0 cm³/mol. The van der Waals surface area contributed by atoms with Gasteiger partial charge in [-0.05, 0) is 37.3 Å². The highest BCUT2D eigenvalue weighted by Gasteiger charge is 2.39. The smallest absolute Gasteiger partial charge is 0.231 e. The standard InChI is InChI=1S/C16H21N3O/c1-2-16(10-3-4-11-16)15(20)19-14-9-5-7-13(18-14)8-6-12-17/h5,7,9H,2-4,10-12,17H2,1H3,(H,18,19,20). The summed E-state index contributed by atoms with van der Waals surface area (Å²) in [6, 6.07) is 5.45. The van der Waals surface area contributed by atoms with Gasteiger partial charge in [0.15, 0.2) is 0 Å². The Morgan fingerprint density at radius 3 is 2.85 bits per heavy atom. The second-order valence-electron chi connectivity index (χ2n) is 5.21. The van der Waals surface area contributed by atoms with Crippen molar-refractivity contribution in [1.82, 2.24) is 4.98 Å². The Bertz CT molecular complexity index is 536. The first-order valence-corrected chi connectivity index (χ1v) is 7.17. The van der Waals surface area contributed by atoms with Crippen LogP contribution in [0.4, 0.5) is 5.82 Å². The van der Waals surface area contributed by atoms with Crippen LogP contribution >= 0.6 is 0 Å². The average molecular weight is 271 g/mol. The topological polar surface area (TPSA) is 68.0 Å². The third-order valence-electron chi connectivity index (χ3n) is 4.03. The van der Waals surface area contributed by atoms with Crippen molar-refractivity contribution in [3.8, 4) is 11.8 Å². The molecule has 1 aromatic heterocycles. The number of rotatable bonds is 3. The average Bonchev–Trinajstić information content (AvgIpc) is 2.95. The van der Waals surface area contributed by atoms with E-state index < -0.39 is 0 Å². The number of carbonyl (C=O) groups excluding carboxylic acids is 1. The van der Waals surface area contributed by atoms with Crippen molar-refractivity contribution in [3.63, 3.8) is 0 Å². The van der Waals surface area contributed by atoms with E-state index in [4.69, 9.17) is 5.73 Å². The number of anilines is 1. The van der Waals surface area contributed by atoms with Gasteiger partial charge in [0.2, 0.25) is 5.91 Å². The molecule has 4 heteroatoms. The molecule has 20 heavy (non-hydrogen) atoms. The Kier molecular flexibility index (Phi) is 4.75. The van der Waals surface area contributed by atoms with Gasteiger partial charge in [0.25, 0.3) is 0 Å².